The van der Waals surface area contributed by atoms with Crippen molar-refractivity contribution in [3.63, 3.8) is 0 Å². The van der Waals surface area contributed by atoms with Crippen LogP contribution < -0.4 is 0 Å². The van der Waals surface area contributed by atoms with Gasteiger partial charge in [-0.05, 0) is 17.5 Å². The second kappa shape index (κ2) is 10.8. The van der Waals surface area contributed by atoms with Gasteiger partial charge in [0.1, 0.15) is 6.61 Å². The van der Waals surface area contributed by atoms with E-state index in [9.17, 15) is 9.90 Å². The summed E-state index contributed by atoms with van der Waals surface area (Å²) in [5.74, 6) is 0. The SMILES string of the molecule is CCC[C@@H](O)[C@H]1C=C[C@H](COCc2ccccc2)N1C(=O)OCc1ccccc1. The Labute approximate surface area is 172 Å². The van der Waals surface area contributed by atoms with Gasteiger partial charge in [0.25, 0.3) is 0 Å². The fourth-order valence-corrected chi connectivity index (χ4v) is 3.49. The summed E-state index contributed by atoms with van der Waals surface area (Å²) in [7, 11) is 0. The molecule has 1 aliphatic rings. The molecule has 3 rings (SSSR count). The van der Waals surface area contributed by atoms with Crippen molar-refractivity contribution < 1.29 is 19.4 Å². The standard InChI is InChI=1S/C24H29NO4/c1-2-9-23(26)22-15-14-21(18-28-16-19-10-5-3-6-11-19)25(22)24(27)29-17-20-12-7-4-8-13-20/h3-8,10-15,21-23,26H,2,9,16-18H2,1H3/t21-,22-,23-/m1/s1. The minimum atomic E-state index is -0.625. The van der Waals surface area contributed by atoms with Crippen LogP contribution in [0, 0.1) is 0 Å². The molecule has 0 bridgehead atoms. The summed E-state index contributed by atoms with van der Waals surface area (Å²) in [5, 5.41) is 10.5. The Kier molecular flexibility index (Phi) is 7.85. The molecule has 0 aromatic heterocycles. The molecule has 1 amide bonds. The lowest BCUT2D eigenvalue weighted by Crippen LogP contribution is -2.49. The van der Waals surface area contributed by atoms with Crippen LogP contribution in [0.2, 0.25) is 0 Å². The summed E-state index contributed by atoms with van der Waals surface area (Å²) < 4.78 is 11.4. The van der Waals surface area contributed by atoms with Crippen LogP contribution in [0.25, 0.3) is 0 Å². The summed E-state index contributed by atoms with van der Waals surface area (Å²) in [6.07, 6.45) is 4.22. The molecule has 0 saturated heterocycles. The summed E-state index contributed by atoms with van der Waals surface area (Å²) >= 11 is 0. The first-order valence-electron chi connectivity index (χ1n) is 10.2. The minimum absolute atomic E-state index is 0.199. The van der Waals surface area contributed by atoms with E-state index >= 15 is 0 Å². The van der Waals surface area contributed by atoms with Crippen molar-refractivity contribution in [3.8, 4) is 0 Å². The molecule has 5 heteroatoms. The molecule has 154 valence electrons. The van der Waals surface area contributed by atoms with E-state index in [1.807, 2.05) is 79.7 Å². The lowest BCUT2D eigenvalue weighted by molar-refractivity contribution is 0.0152. The third kappa shape index (κ3) is 5.92. The van der Waals surface area contributed by atoms with Crippen molar-refractivity contribution >= 4 is 6.09 Å². The summed E-state index contributed by atoms with van der Waals surface area (Å²) in [4.78, 5) is 14.5. The number of rotatable bonds is 9. The first kappa shape index (κ1) is 21.1. The number of ether oxygens (including phenoxy) is 2. The summed E-state index contributed by atoms with van der Waals surface area (Å²) in [6.45, 7) is 3.03. The zero-order valence-corrected chi connectivity index (χ0v) is 16.8. The van der Waals surface area contributed by atoms with Crippen molar-refractivity contribution in [2.45, 2.75) is 51.2 Å². The van der Waals surface area contributed by atoms with E-state index < -0.39 is 18.2 Å². The Morgan fingerprint density at radius 2 is 1.62 bits per heavy atom. The van der Waals surface area contributed by atoms with E-state index in [1.54, 1.807) is 4.90 Å². The third-order valence-electron chi connectivity index (χ3n) is 5.00. The van der Waals surface area contributed by atoms with Gasteiger partial charge in [-0.15, -0.1) is 0 Å². The van der Waals surface area contributed by atoms with E-state index in [1.165, 1.54) is 0 Å². The van der Waals surface area contributed by atoms with Crippen LogP contribution >= 0.6 is 0 Å². The molecule has 2 aromatic carbocycles. The highest BCUT2D eigenvalue weighted by Gasteiger charge is 2.37. The van der Waals surface area contributed by atoms with Crippen LogP contribution in [-0.4, -0.2) is 40.9 Å². The molecule has 1 N–H and O–H groups in total. The molecule has 3 atom stereocenters. The maximum Gasteiger partial charge on any atom is 0.411 e. The van der Waals surface area contributed by atoms with Gasteiger partial charge >= 0.3 is 6.09 Å². The largest absolute Gasteiger partial charge is 0.445 e. The second-order valence-corrected chi connectivity index (χ2v) is 7.25. The third-order valence-corrected chi connectivity index (χ3v) is 5.00. The number of carbonyl (C=O) groups is 1. The minimum Gasteiger partial charge on any atom is -0.445 e. The van der Waals surface area contributed by atoms with E-state index in [4.69, 9.17) is 9.47 Å². The lowest BCUT2D eigenvalue weighted by atomic mass is 10.1. The molecule has 5 nitrogen and oxygen atoms in total. The van der Waals surface area contributed by atoms with E-state index in [-0.39, 0.29) is 12.6 Å². The number of hydrogen-bond donors (Lipinski definition) is 1. The van der Waals surface area contributed by atoms with Crippen LogP contribution in [0.15, 0.2) is 72.8 Å². The monoisotopic (exact) mass is 395 g/mol. The number of nitrogens with zero attached hydrogens (tertiary/aromatic N) is 1. The van der Waals surface area contributed by atoms with Gasteiger partial charge < -0.3 is 14.6 Å². The molecule has 0 aliphatic carbocycles. The number of amides is 1. The van der Waals surface area contributed by atoms with Crippen LogP contribution in [0.3, 0.4) is 0 Å². The molecular formula is C24H29NO4. The number of aliphatic hydroxyl groups excluding tert-OH is 1. The van der Waals surface area contributed by atoms with Gasteiger partial charge in [-0.2, -0.15) is 0 Å². The first-order valence-corrected chi connectivity index (χ1v) is 10.2. The van der Waals surface area contributed by atoms with Crippen molar-refractivity contribution in [2.24, 2.45) is 0 Å². The molecule has 0 spiro atoms. The molecule has 29 heavy (non-hydrogen) atoms. The van der Waals surface area contributed by atoms with Crippen molar-refractivity contribution in [2.75, 3.05) is 6.61 Å². The number of benzene rings is 2. The predicted molar refractivity (Wildman–Crippen MR) is 112 cm³/mol. The van der Waals surface area contributed by atoms with E-state index in [0.717, 1.165) is 17.5 Å². The highest BCUT2D eigenvalue weighted by molar-refractivity contribution is 5.70. The zero-order valence-electron chi connectivity index (χ0n) is 16.8. The number of aliphatic hydroxyl groups is 1. The molecule has 0 unspecified atom stereocenters. The molecule has 1 heterocycles. The molecule has 0 saturated carbocycles. The van der Waals surface area contributed by atoms with Gasteiger partial charge in [-0.25, -0.2) is 4.79 Å². The number of hydrogen-bond acceptors (Lipinski definition) is 4. The average Bonchev–Trinajstić information content (AvgIpc) is 3.18. The Morgan fingerprint density at radius 1 is 1.00 bits per heavy atom. The molecule has 0 fully saturated rings. The van der Waals surface area contributed by atoms with Crippen LogP contribution in [-0.2, 0) is 22.7 Å². The Morgan fingerprint density at radius 3 is 2.24 bits per heavy atom. The molecule has 1 aliphatic heterocycles. The number of carbonyl (C=O) groups excluding carboxylic acids is 1. The summed E-state index contributed by atoms with van der Waals surface area (Å²) in [6, 6.07) is 18.8. The van der Waals surface area contributed by atoms with Gasteiger partial charge in [0, 0.05) is 0 Å². The molecule has 2 aromatic rings. The normalized spacial score (nSPS) is 19.3. The van der Waals surface area contributed by atoms with Gasteiger partial charge in [0.05, 0.1) is 31.4 Å². The van der Waals surface area contributed by atoms with Crippen LogP contribution in [0.4, 0.5) is 4.79 Å². The topological polar surface area (TPSA) is 59.0 Å². The van der Waals surface area contributed by atoms with Crippen molar-refractivity contribution in [1.82, 2.24) is 4.90 Å². The molecule has 0 radical (unpaired) electrons. The van der Waals surface area contributed by atoms with Gasteiger partial charge in [-0.1, -0.05) is 86.2 Å². The summed E-state index contributed by atoms with van der Waals surface area (Å²) in [5.41, 5.74) is 2.01. The fraction of sp³-hybridized carbons (Fsp3) is 0.375. The predicted octanol–water partition coefficient (Wildman–Crippen LogP) is 4.31. The highest BCUT2D eigenvalue weighted by Crippen LogP contribution is 2.24. The smallest absolute Gasteiger partial charge is 0.411 e. The maximum atomic E-state index is 12.9. The van der Waals surface area contributed by atoms with Gasteiger partial charge in [0.15, 0.2) is 0 Å². The Hall–Kier alpha value is -2.63. The van der Waals surface area contributed by atoms with E-state index in [2.05, 4.69) is 0 Å². The van der Waals surface area contributed by atoms with Gasteiger partial charge in [-0.3, -0.25) is 4.90 Å². The fourth-order valence-electron chi connectivity index (χ4n) is 3.49. The first-order chi connectivity index (χ1) is 14.2. The van der Waals surface area contributed by atoms with Gasteiger partial charge in [0.2, 0.25) is 0 Å². The van der Waals surface area contributed by atoms with Crippen LogP contribution in [0.5, 0.6) is 0 Å². The maximum absolute atomic E-state index is 12.9. The van der Waals surface area contributed by atoms with Crippen molar-refractivity contribution in [1.29, 1.82) is 0 Å². The Bertz CT molecular complexity index is 778. The van der Waals surface area contributed by atoms with Crippen molar-refractivity contribution in [3.05, 3.63) is 83.9 Å². The Balaban J connectivity index is 1.62. The average molecular weight is 395 g/mol. The quantitative estimate of drug-likeness (QED) is 0.643. The van der Waals surface area contributed by atoms with E-state index in [0.29, 0.717) is 19.6 Å². The zero-order chi connectivity index (χ0) is 20.5. The van der Waals surface area contributed by atoms with Crippen LogP contribution in [0.1, 0.15) is 30.9 Å². The lowest BCUT2D eigenvalue weighted by Gasteiger charge is -2.32. The second-order valence-electron chi connectivity index (χ2n) is 7.25. The molecular weight excluding hydrogens is 366 g/mol. The highest BCUT2D eigenvalue weighted by atomic mass is 16.6.